The highest BCUT2D eigenvalue weighted by Gasteiger charge is 2.48. The second-order valence-electron chi connectivity index (χ2n) is 11.8. The summed E-state index contributed by atoms with van der Waals surface area (Å²) in [5.74, 6) is 0.145. The Morgan fingerprint density at radius 1 is 1.14 bits per heavy atom. The average Bonchev–Trinajstić information content (AvgIpc) is 3.55. The summed E-state index contributed by atoms with van der Waals surface area (Å²) in [6.07, 6.45) is 14.6. The first-order valence-electron chi connectivity index (χ1n) is 13.9. The van der Waals surface area contributed by atoms with Crippen LogP contribution in [-0.2, 0) is 11.8 Å². The molecule has 1 saturated carbocycles. The van der Waals surface area contributed by atoms with E-state index in [4.69, 9.17) is 0 Å². The van der Waals surface area contributed by atoms with E-state index in [1.54, 1.807) is 0 Å². The summed E-state index contributed by atoms with van der Waals surface area (Å²) in [6.45, 7) is 8.81. The molecule has 36 heavy (non-hydrogen) atoms. The Labute approximate surface area is 215 Å². The molecule has 1 saturated heterocycles. The lowest BCUT2D eigenvalue weighted by Gasteiger charge is -2.39. The number of rotatable bonds is 4. The van der Waals surface area contributed by atoms with Gasteiger partial charge in [-0.2, -0.15) is 5.26 Å². The number of nitrogens with zero attached hydrogens (tertiary/aromatic N) is 2. The summed E-state index contributed by atoms with van der Waals surface area (Å²) in [7, 11) is 0. The van der Waals surface area contributed by atoms with E-state index in [9.17, 15) is 10.1 Å². The number of carbonyl (C=O) groups is 1. The van der Waals surface area contributed by atoms with Crippen LogP contribution >= 0.6 is 0 Å². The number of carbonyl (C=O) groups excluding carboxylic acids is 1. The quantitative estimate of drug-likeness (QED) is 0.626. The zero-order valence-electron chi connectivity index (χ0n) is 21.9. The highest BCUT2D eigenvalue weighted by Crippen LogP contribution is 2.48. The van der Waals surface area contributed by atoms with E-state index in [0.717, 1.165) is 47.9 Å². The Hall–Kier alpha value is -2.84. The number of nitrogens with one attached hydrogen (secondary N) is 2. The zero-order valence-corrected chi connectivity index (χ0v) is 21.9. The molecule has 188 valence electrons. The first kappa shape index (κ1) is 23.6. The monoisotopic (exact) mass is 482 g/mol. The van der Waals surface area contributed by atoms with E-state index in [1.807, 2.05) is 18.2 Å². The van der Waals surface area contributed by atoms with Gasteiger partial charge in [0.2, 0.25) is 0 Å². The number of fused-ring (bicyclic) bond motifs is 3. The molecule has 0 radical (unpaired) electrons. The van der Waals surface area contributed by atoms with E-state index in [0.29, 0.717) is 11.6 Å². The van der Waals surface area contributed by atoms with Crippen molar-refractivity contribution in [2.45, 2.75) is 89.3 Å². The number of aryl methyl sites for hydroxylation is 1. The normalized spacial score (nSPS) is 27.3. The summed E-state index contributed by atoms with van der Waals surface area (Å²) in [6, 6.07) is 8.10. The minimum absolute atomic E-state index is 0.00632. The van der Waals surface area contributed by atoms with Gasteiger partial charge in [0, 0.05) is 64.6 Å². The predicted molar refractivity (Wildman–Crippen MR) is 144 cm³/mol. The molecule has 6 rings (SSSR count). The Balaban J connectivity index is 1.29. The maximum atomic E-state index is 13.9. The molecule has 0 spiro atoms. The molecule has 2 atom stereocenters. The average molecular weight is 483 g/mol. The first-order valence-corrected chi connectivity index (χ1v) is 13.9. The van der Waals surface area contributed by atoms with Gasteiger partial charge in [-0.05, 0) is 67.5 Å². The summed E-state index contributed by atoms with van der Waals surface area (Å²) in [4.78, 5) is 16.5. The van der Waals surface area contributed by atoms with Gasteiger partial charge in [0.1, 0.15) is 0 Å². The van der Waals surface area contributed by atoms with Crippen molar-refractivity contribution in [3.8, 4) is 6.07 Å². The molecule has 2 heterocycles. The van der Waals surface area contributed by atoms with Crippen molar-refractivity contribution in [2.75, 3.05) is 18.0 Å². The van der Waals surface area contributed by atoms with Crippen LogP contribution in [0.25, 0.3) is 0 Å². The van der Waals surface area contributed by atoms with Gasteiger partial charge in [-0.25, -0.2) is 0 Å². The van der Waals surface area contributed by atoms with Gasteiger partial charge in [-0.3, -0.25) is 4.79 Å². The highest BCUT2D eigenvalue weighted by molar-refractivity contribution is 6.13. The molecule has 1 aromatic carbocycles. The standard InChI is InChI=1S/C31H38N4O/c1-4-20-16-24-25(17-27(20)35-13-11-22(12-14-35)33-21-7-5-6-8-21)31(2,3)30-28(29(24)36)23-10-9-19(18-32)15-26(23)34-30/h9-10,15-17,21-23,26,33-34H,4-8,11-14H2,1-3H3. The molecule has 0 amide bonds. The molecule has 1 aromatic rings. The zero-order chi connectivity index (χ0) is 25.0. The maximum Gasteiger partial charge on any atom is 0.191 e. The van der Waals surface area contributed by atoms with Crippen LogP contribution in [0.4, 0.5) is 5.69 Å². The molecule has 0 aromatic heterocycles. The second-order valence-corrected chi connectivity index (χ2v) is 11.8. The molecule has 2 unspecified atom stereocenters. The lowest BCUT2D eigenvalue weighted by molar-refractivity contribution is 0.102. The summed E-state index contributed by atoms with van der Waals surface area (Å²) >= 11 is 0. The Morgan fingerprint density at radius 2 is 1.86 bits per heavy atom. The number of hydrogen-bond acceptors (Lipinski definition) is 5. The van der Waals surface area contributed by atoms with Crippen LogP contribution in [0.1, 0.15) is 80.8 Å². The lowest BCUT2D eigenvalue weighted by Crippen LogP contribution is -2.46. The van der Waals surface area contributed by atoms with E-state index < -0.39 is 0 Å². The maximum absolute atomic E-state index is 13.9. The molecular weight excluding hydrogens is 444 g/mol. The fourth-order valence-corrected chi connectivity index (χ4v) is 7.26. The van der Waals surface area contributed by atoms with Crippen molar-refractivity contribution >= 4 is 11.5 Å². The van der Waals surface area contributed by atoms with Gasteiger partial charge >= 0.3 is 0 Å². The minimum Gasteiger partial charge on any atom is -0.380 e. The fraction of sp³-hybridized carbons (Fsp3) is 0.548. The topological polar surface area (TPSA) is 68.2 Å². The summed E-state index contributed by atoms with van der Waals surface area (Å²) < 4.78 is 0. The van der Waals surface area contributed by atoms with E-state index in [2.05, 4.69) is 54.5 Å². The lowest BCUT2D eigenvalue weighted by atomic mass is 9.69. The van der Waals surface area contributed by atoms with Crippen LogP contribution in [0.2, 0.25) is 0 Å². The molecule has 2 fully saturated rings. The van der Waals surface area contributed by atoms with E-state index in [1.165, 1.54) is 49.8 Å². The first-order chi connectivity index (χ1) is 17.4. The summed E-state index contributed by atoms with van der Waals surface area (Å²) in [5, 5.41) is 17.0. The van der Waals surface area contributed by atoms with Crippen molar-refractivity contribution < 1.29 is 4.79 Å². The molecule has 2 aliphatic heterocycles. The molecule has 5 aliphatic rings. The van der Waals surface area contributed by atoms with Crippen molar-refractivity contribution in [1.29, 1.82) is 5.26 Å². The number of Topliss-reactive ketones (excluding diaryl/α,β-unsaturated/α-hetero) is 1. The van der Waals surface area contributed by atoms with Gasteiger partial charge in [-0.1, -0.05) is 39.7 Å². The molecular formula is C31H38N4O. The summed E-state index contributed by atoms with van der Waals surface area (Å²) in [5.41, 5.74) is 6.86. The van der Waals surface area contributed by atoms with Crippen LogP contribution in [0, 0.1) is 17.2 Å². The van der Waals surface area contributed by atoms with Gasteiger partial charge in [-0.15, -0.1) is 0 Å². The number of piperidine rings is 1. The third-order valence-corrected chi connectivity index (χ3v) is 9.32. The van der Waals surface area contributed by atoms with Crippen molar-refractivity contribution in [2.24, 2.45) is 5.92 Å². The van der Waals surface area contributed by atoms with Crippen molar-refractivity contribution in [3.63, 3.8) is 0 Å². The van der Waals surface area contributed by atoms with E-state index >= 15 is 0 Å². The fourth-order valence-electron chi connectivity index (χ4n) is 7.26. The Kier molecular flexibility index (Phi) is 5.84. The smallest absolute Gasteiger partial charge is 0.191 e. The molecule has 2 N–H and O–H groups in total. The third-order valence-electron chi connectivity index (χ3n) is 9.32. The van der Waals surface area contributed by atoms with Crippen molar-refractivity contribution in [1.82, 2.24) is 10.6 Å². The van der Waals surface area contributed by atoms with E-state index in [-0.39, 0.29) is 23.2 Å². The SMILES string of the molecule is CCc1cc2c(cc1N1CCC(NC3CCCC3)CC1)C(C)(C)C1=C(C2=O)C2C=CC(C#N)=CC2N1. The number of ketones is 1. The number of anilines is 1. The second kappa shape index (κ2) is 8.92. The Morgan fingerprint density at radius 3 is 2.56 bits per heavy atom. The van der Waals surface area contributed by atoms with Crippen LogP contribution in [-0.4, -0.2) is 37.0 Å². The van der Waals surface area contributed by atoms with Crippen LogP contribution in [0.3, 0.4) is 0 Å². The van der Waals surface area contributed by atoms with Gasteiger partial charge in [0.15, 0.2) is 5.78 Å². The molecule has 5 heteroatoms. The van der Waals surface area contributed by atoms with Crippen LogP contribution in [0.15, 0.2) is 47.2 Å². The highest BCUT2D eigenvalue weighted by atomic mass is 16.1. The largest absolute Gasteiger partial charge is 0.380 e. The van der Waals surface area contributed by atoms with Gasteiger partial charge < -0.3 is 15.5 Å². The van der Waals surface area contributed by atoms with Gasteiger partial charge in [0.25, 0.3) is 0 Å². The molecule has 0 bridgehead atoms. The number of hydrogen-bond donors (Lipinski definition) is 2. The number of benzene rings is 1. The Bertz CT molecular complexity index is 1220. The van der Waals surface area contributed by atoms with Crippen molar-refractivity contribution in [3.05, 3.63) is 63.9 Å². The van der Waals surface area contributed by atoms with Crippen LogP contribution in [0.5, 0.6) is 0 Å². The number of allylic oxidation sites excluding steroid dienone is 3. The minimum atomic E-state index is -0.298. The third kappa shape index (κ3) is 3.73. The van der Waals surface area contributed by atoms with Crippen LogP contribution < -0.4 is 15.5 Å². The predicted octanol–water partition coefficient (Wildman–Crippen LogP) is 5.09. The molecule has 3 aliphatic carbocycles. The number of nitriles is 1. The van der Waals surface area contributed by atoms with Gasteiger partial charge in [0.05, 0.1) is 12.1 Å². The molecule has 5 nitrogen and oxygen atoms in total.